The van der Waals surface area contributed by atoms with E-state index in [0.717, 1.165) is 6.42 Å². The van der Waals surface area contributed by atoms with Crippen molar-refractivity contribution in [1.82, 2.24) is 0 Å². The molecule has 0 fully saturated rings. The molecule has 2 rings (SSSR count). The lowest BCUT2D eigenvalue weighted by atomic mass is 10.1. The van der Waals surface area contributed by atoms with Gasteiger partial charge in [0.2, 0.25) is 11.8 Å². The normalized spacial score (nSPS) is 10.4. The fraction of sp³-hybridized carbons (Fsp3) is 0.263. The predicted molar refractivity (Wildman–Crippen MR) is 98.5 cm³/mol. The van der Waals surface area contributed by atoms with E-state index in [1.165, 1.54) is 35.6 Å². The zero-order valence-corrected chi connectivity index (χ0v) is 14.9. The van der Waals surface area contributed by atoms with Gasteiger partial charge in [-0.25, -0.2) is 4.39 Å². The van der Waals surface area contributed by atoms with Gasteiger partial charge in [-0.2, -0.15) is 0 Å². The minimum absolute atomic E-state index is 0.0655. The molecule has 0 saturated heterocycles. The largest absolute Gasteiger partial charge is 0.326 e. The summed E-state index contributed by atoms with van der Waals surface area (Å²) < 4.78 is 13.3. The van der Waals surface area contributed by atoms with Crippen LogP contribution in [-0.4, -0.2) is 18.4 Å². The van der Waals surface area contributed by atoms with Crippen LogP contribution in [0.3, 0.4) is 0 Å². The van der Waals surface area contributed by atoms with Crippen LogP contribution in [0.25, 0.3) is 0 Å². The van der Waals surface area contributed by atoms with Gasteiger partial charge in [-0.1, -0.05) is 30.7 Å². The summed E-state index contributed by atoms with van der Waals surface area (Å²) >= 11 is 5.77. The Hall–Kier alpha value is -2.40. The van der Waals surface area contributed by atoms with Crippen LogP contribution in [0, 0.1) is 5.82 Å². The van der Waals surface area contributed by atoms with Crippen molar-refractivity contribution in [2.75, 3.05) is 16.8 Å². The van der Waals surface area contributed by atoms with Crippen LogP contribution >= 0.6 is 11.6 Å². The number of anilines is 2. The van der Waals surface area contributed by atoms with E-state index < -0.39 is 5.82 Å². The highest BCUT2D eigenvalue weighted by atomic mass is 35.5. The van der Waals surface area contributed by atoms with Gasteiger partial charge in [-0.05, 0) is 42.3 Å². The number of carbonyl (C=O) groups excluding carboxylic acids is 2. The zero-order chi connectivity index (χ0) is 18.4. The van der Waals surface area contributed by atoms with Crippen molar-refractivity contribution in [2.45, 2.75) is 26.7 Å². The van der Waals surface area contributed by atoms with E-state index in [1.807, 2.05) is 24.3 Å². The molecular weight excluding hydrogens is 343 g/mol. The SMILES string of the molecule is CCc1ccc(NC(=O)CCN(C(C)=O)c2ccc(F)c(Cl)c2)cc1. The molecule has 6 heteroatoms. The van der Waals surface area contributed by atoms with Gasteiger partial charge in [-0.3, -0.25) is 9.59 Å². The predicted octanol–water partition coefficient (Wildman–Crippen LogP) is 4.42. The van der Waals surface area contributed by atoms with E-state index in [4.69, 9.17) is 11.6 Å². The van der Waals surface area contributed by atoms with Gasteiger partial charge >= 0.3 is 0 Å². The summed E-state index contributed by atoms with van der Waals surface area (Å²) in [5.41, 5.74) is 2.36. The Balaban J connectivity index is 1.99. The molecule has 25 heavy (non-hydrogen) atoms. The minimum atomic E-state index is -0.554. The van der Waals surface area contributed by atoms with Gasteiger partial charge in [-0.15, -0.1) is 0 Å². The van der Waals surface area contributed by atoms with Crippen LogP contribution in [0.2, 0.25) is 5.02 Å². The Kier molecular flexibility index (Phi) is 6.53. The highest BCUT2D eigenvalue weighted by molar-refractivity contribution is 6.31. The topological polar surface area (TPSA) is 49.4 Å². The zero-order valence-electron chi connectivity index (χ0n) is 14.2. The number of amides is 2. The number of nitrogens with one attached hydrogen (secondary N) is 1. The number of aryl methyl sites for hydroxylation is 1. The van der Waals surface area contributed by atoms with Gasteiger partial charge in [0.15, 0.2) is 0 Å². The number of rotatable bonds is 6. The van der Waals surface area contributed by atoms with Crippen molar-refractivity contribution >= 4 is 34.8 Å². The maximum atomic E-state index is 13.3. The maximum Gasteiger partial charge on any atom is 0.226 e. The van der Waals surface area contributed by atoms with Gasteiger partial charge in [0.25, 0.3) is 0 Å². The van der Waals surface area contributed by atoms with E-state index in [0.29, 0.717) is 11.4 Å². The lowest BCUT2D eigenvalue weighted by Crippen LogP contribution is -2.32. The molecule has 0 atom stereocenters. The van der Waals surface area contributed by atoms with E-state index >= 15 is 0 Å². The summed E-state index contributed by atoms with van der Waals surface area (Å²) in [4.78, 5) is 25.3. The fourth-order valence-electron chi connectivity index (χ4n) is 2.38. The summed E-state index contributed by atoms with van der Waals surface area (Å²) in [6, 6.07) is 11.6. The Morgan fingerprint density at radius 3 is 2.40 bits per heavy atom. The second-order valence-electron chi connectivity index (χ2n) is 5.62. The lowest BCUT2D eigenvalue weighted by molar-refractivity contribution is -0.117. The first-order valence-corrected chi connectivity index (χ1v) is 8.40. The summed E-state index contributed by atoms with van der Waals surface area (Å²) in [5.74, 6) is -1.01. The standard InChI is InChI=1S/C19H20ClFN2O2/c1-3-14-4-6-15(7-5-14)22-19(25)10-11-23(13(2)24)16-8-9-18(21)17(20)12-16/h4-9,12H,3,10-11H2,1-2H3,(H,22,25). The third-order valence-electron chi connectivity index (χ3n) is 3.80. The minimum Gasteiger partial charge on any atom is -0.326 e. The summed E-state index contributed by atoms with van der Waals surface area (Å²) in [6.45, 7) is 3.63. The molecule has 0 spiro atoms. The summed E-state index contributed by atoms with van der Waals surface area (Å²) in [6.07, 6.45) is 1.05. The molecule has 0 bridgehead atoms. The number of hydrogen-bond donors (Lipinski definition) is 1. The molecule has 0 aliphatic carbocycles. The van der Waals surface area contributed by atoms with Gasteiger partial charge < -0.3 is 10.2 Å². The van der Waals surface area contributed by atoms with Crippen LogP contribution in [0.5, 0.6) is 0 Å². The second-order valence-corrected chi connectivity index (χ2v) is 6.02. The van der Waals surface area contributed by atoms with Gasteiger partial charge in [0.05, 0.1) is 5.02 Å². The average Bonchev–Trinajstić information content (AvgIpc) is 2.58. The number of hydrogen-bond acceptors (Lipinski definition) is 2. The second kappa shape index (κ2) is 8.62. The molecule has 0 unspecified atom stereocenters. The number of carbonyl (C=O) groups is 2. The monoisotopic (exact) mass is 362 g/mol. The van der Waals surface area contributed by atoms with E-state index in [1.54, 1.807) is 0 Å². The molecule has 2 aromatic carbocycles. The smallest absolute Gasteiger partial charge is 0.226 e. The quantitative estimate of drug-likeness (QED) is 0.826. The molecule has 132 valence electrons. The van der Waals surface area contributed by atoms with Crippen molar-refractivity contribution in [3.63, 3.8) is 0 Å². The van der Waals surface area contributed by atoms with Crippen molar-refractivity contribution in [1.29, 1.82) is 0 Å². The van der Waals surface area contributed by atoms with E-state index in [2.05, 4.69) is 12.2 Å². The molecule has 0 aromatic heterocycles. The van der Waals surface area contributed by atoms with Crippen LogP contribution in [0.4, 0.5) is 15.8 Å². The van der Waals surface area contributed by atoms with Crippen LogP contribution in [0.1, 0.15) is 25.8 Å². The Morgan fingerprint density at radius 1 is 1.16 bits per heavy atom. The van der Waals surface area contributed by atoms with Crippen molar-refractivity contribution in [3.8, 4) is 0 Å². The first-order valence-electron chi connectivity index (χ1n) is 8.02. The molecule has 4 nitrogen and oxygen atoms in total. The Bertz CT molecular complexity index is 763. The van der Waals surface area contributed by atoms with Crippen molar-refractivity contribution in [3.05, 3.63) is 58.9 Å². The van der Waals surface area contributed by atoms with Crippen LogP contribution in [-0.2, 0) is 16.0 Å². The first kappa shape index (κ1) is 18.9. The lowest BCUT2D eigenvalue weighted by Gasteiger charge is -2.21. The molecule has 2 amide bonds. The molecule has 0 heterocycles. The Morgan fingerprint density at radius 2 is 1.84 bits per heavy atom. The molecule has 0 saturated carbocycles. The molecule has 2 aromatic rings. The fourth-order valence-corrected chi connectivity index (χ4v) is 2.56. The molecule has 0 radical (unpaired) electrons. The van der Waals surface area contributed by atoms with Crippen LogP contribution < -0.4 is 10.2 Å². The molecule has 0 aliphatic rings. The first-order chi connectivity index (χ1) is 11.9. The third-order valence-corrected chi connectivity index (χ3v) is 4.09. The highest BCUT2D eigenvalue weighted by Gasteiger charge is 2.15. The maximum absolute atomic E-state index is 13.3. The molecule has 1 N–H and O–H groups in total. The molecule has 0 aliphatic heterocycles. The third kappa shape index (κ3) is 5.29. The van der Waals surface area contributed by atoms with Gasteiger partial charge in [0.1, 0.15) is 5.82 Å². The average molecular weight is 363 g/mol. The number of halogens is 2. The Labute approximate surface area is 151 Å². The van der Waals surface area contributed by atoms with Crippen molar-refractivity contribution < 1.29 is 14.0 Å². The molecular formula is C19H20ClFN2O2. The number of benzene rings is 2. The van der Waals surface area contributed by atoms with Crippen molar-refractivity contribution in [2.24, 2.45) is 0 Å². The van der Waals surface area contributed by atoms with E-state index in [-0.39, 0.29) is 29.8 Å². The van der Waals surface area contributed by atoms with Crippen LogP contribution in [0.15, 0.2) is 42.5 Å². The van der Waals surface area contributed by atoms with Gasteiger partial charge in [0, 0.05) is 31.3 Å². The summed E-state index contributed by atoms with van der Waals surface area (Å²) in [5, 5.41) is 2.73. The number of nitrogens with zero attached hydrogens (tertiary/aromatic N) is 1. The van der Waals surface area contributed by atoms with E-state index in [9.17, 15) is 14.0 Å². The summed E-state index contributed by atoms with van der Waals surface area (Å²) in [7, 11) is 0. The highest BCUT2D eigenvalue weighted by Crippen LogP contribution is 2.23.